The molecule has 104 valence electrons. The molecule has 2 heterocycles. The van der Waals surface area contributed by atoms with Crippen LogP contribution in [-0.2, 0) is 6.42 Å². The summed E-state index contributed by atoms with van der Waals surface area (Å²) < 4.78 is 1.71. The van der Waals surface area contributed by atoms with Crippen molar-refractivity contribution in [2.75, 3.05) is 0 Å². The number of aryl methyl sites for hydroxylation is 1. The SMILES string of the molecule is C=CCc1c(C)c2cccnc2n1C(=O)c1ccccc1. The van der Waals surface area contributed by atoms with Crippen LogP contribution in [-0.4, -0.2) is 15.5 Å². The molecule has 2 aromatic heterocycles. The average molecular weight is 276 g/mol. The van der Waals surface area contributed by atoms with Crippen LogP contribution in [0.2, 0.25) is 0 Å². The lowest BCUT2D eigenvalue weighted by Crippen LogP contribution is -2.15. The van der Waals surface area contributed by atoms with Crippen LogP contribution >= 0.6 is 0 Å². The van der Waals surface area contributed by atoms with Crippen molar-refractivity contribution in [3.05, 3.63) is 78.1 Å². The van der Waals surface area contributed by atoms with E-state index in [1.165, 1.54) is 0 Å². The summed E-state index contributed by atoms with van der Waals surface area (Å²) in [7, 11) is 0. The van der Waals surface area contributed by atoms with E-state index in [9.17, 15) is 4.79 Å². The Labute approximate surface area is 123 Å². The zero-order valence-corrected chi connectivity index (χ0v) is 11.9. The van der Waals surface area contributed by atoms with E-state index in [0.29, 0.717) is 17.6 Å². The van der Waals surface area contributed by atoms with Crippen LogP contribution in [0.3, 0.4) is 0 Å². The minimum atomic E-state index is -0.0516. The highest BCUT2D eigenvalue weighted by molar-refractivity contribution is 6.02. The quantitative estimate of drug-likeness (QED) is 0.683. The van der Waals surface area contributed by atoms with Crippen LogP contribution in [0.15, 0.2) is 61.3 Å². The highest BCUT2D eigenvalue weighted by Crippen LogP contribution is 2.25. The second-order valence-corrected chi connectivity index (χ2v) is 4.95. The maximum absolute atomic E-state index is 12.9. The molecule has 3 nitrogen and oxygen atoms in total. The molecule has 0 atom stereocenters. The van der Waals surface area contributed by atoms with Gasteiger partial charge in [0.2, 0.25) is 0 Å². The molecule has 0 spiro atoms. The van der Waals surface area contributed by atoms with E-state index >= 15 is 0 Å². The van der Waals surface area contributed by atoms with E-state index in [1.54, 1.807) is 10.8 Å². The molecule has 0 aliphatic heterocycles. The summed E-state index contributed by atoms with van der Waals surface area (Å²) in [6.45, 7) is 5.82. The lowest BCUT2D eigenvalue weighted by Gasteiger charge is -2.08. The summed E-state index contributed by atoms with van der Waals surface area (Å²) in [5, 5.41) is 1.01. The topological polar surface area (TPSA) is 34.9 Å². The Morgan fingerprint density at radius 3 is 2.71 bits per heavy atom. The number of fused-ring (bicyclic) bond motifs is 1. The molecule has 0 aliphatic carbocycles. The molecule has 0 saturated carbocycles. The van der Waals surface area contributed by atoms with E-state index in [0.717, 1.165) is 16.6 Å². The number of aromatic nitrogens is 2. The van der Waals surface area contributed by atoms with Gasteiger partial charge < -0.3 is 0 Å². The number of benzene rings is 1. The van der Waals surface area contributed by atoms with Gasteiger partial charge in [0.15, 0.2) is 0 Å². The second-order valence-electron chi connectivity index (χ2n) is 4.95. The minimum absolute atomic E-state index is 0.0516. The van der Waals surface area contributed by atoms with Gasteiger partial charge in [-0.1, -0.05) is 24.3 Å². The van der Waals surface area contributed by atoms with E-state index in [2.05, 4.69) is 11.6 Å². The number of allylic oxidation sites excluding steroid dienone is 1. The van der Waals surface area contributed by atoms with E-state index in [-0.39, 0.29) is 5.91 Å². The van der Waals surface area contributed by atoms with Crippen molar-refractivity contribution in [1.82, 2.24) is 9.55 Å². The molecule has 21 heavy (non-hydrogen) atoms. The molecule has 0 amide bonds. The van der Waals surface area contributed by atoms with Gasteiger partial charge in [0.25, 0.3) is 5.91 Å². The molecule has 3 aromatic rings. The van der Waals surface area contributed by atoms with Crippen molar-refractivity contribution in [3.8, 4) is 0 Å². The molecule has 3 rings (SSSR count). The molecule has 0 fully saturated rings. The number of carbonyl (C=O) groups excluding carboxylic acids is 1. The third-order valence-electron chi connectivity index (χ3n) is 3.67. The first-order valence-corrected chi connectivity index (χ1v) is 6.89. The maximum atomic E-state index is 12.9. The fourth-order valence-electron chi connectivity index (χ4n) is 2.63. The van der Waals surface area contributed by atoms with Gasteiger partial charge in [-0.2, -0.15) is 0 Å². The number of hydrogen-bond acceptors (Lipinski definition) is 2. The summed E-state index contributed by atoms with van der Waals surface area (Å²) in [6.07, 6.45) is 4.17. The fraction of sp³-hybridized carbons (Fsp3) is 0.111. The van der Waals surface area contributed by atoms with Gasteiger partial charge in [0.05, 0.1) is 0 Å². The van der Waals surface area contributed by atoms with Crippen molar-refractivity contribution < 1.29 is 4.79 Å². The van der Waals surface area contributed by atoms with Gasteiger partial charge in [-0.25, -0.2) is 4.98 Å². The van der Waals surface area contributed by atoms with Gasteiger partial charge in [0, 0.05) is 29.3 Å². The monoisotopic (exact) mass is 276 g/mol. The smallest absolute Gasteiger partial charge is 0.263 e. The molecule has 0 aliphatic rings. The van der Waals surface area contributed by atoms with E-state index < -0.39 is 0 Å². The van der Waals surface area contributed by atoms with E-state index in [1.807, 2.05) is 55.5 Å². The van der Waals surface area contributed by atoms with Crippen LogP contribution in [0.5, 0.6) is 0 Å². The second kappa shape index (κ2) is 5.37. The molecular formula is C18H16N2O. The third-order valence-corrected chi connectivity index (χ3v) is 3.67. The predicted molar refractivity (Wildman–Crippen MR) is 84.5 cm³/mol. The number of carbonyl (C=O) groups is 1. The van der Waals surface area contributed by atoms with Crippen LogP contribution in [0.4, 0.5) is 0 Å². The van der Waals surface area contributed by atoms with Gasteiger partial charge in [-0.05, 0) is 36.8 Å². The molecule has 0 radical (unpaired) electrons. The Morgan fingerprint density at radius 2 is 2.00 bits per heavy atom. The summed E-state index contributed by atoms with van der Waals surface area (Å²) in [5.74, 6) is -0.0516. The largest absolute Gasteiger partial charge is 0.268 e. The zero-order chi connectivity index (χ0) is 14.8. The molecule has 0 bridgehead atoms. The maximum Gasteiger partial charge on any atom is 0.263 e. The highest BCUT2D eigenvalue weighted by atomic mass is 16.2. The number of pyridine rings is 1. The lowest BCUT2D eigenvalue weighted by molar-refractivity contribution is 0.0962. The van der Waals surface area contributed by atoms with Crippen molar-refractivity contribution in [1.29, 1.82) is 0 Å². The van der Waals surface area contributed by atoms with Gasteiger partial charge >= 0.3 is 0 Å². The average Bonchev–Trinajstić information content (AvgIpc) is 2.81. The Bertz CT molecular complexity index is 816. The van der Waals surface area contributed by atoms with E-state index in [4.69, 9.17) is 0 Å². The van der Waals surface area contributed by atoms with Crippen molar-refractivity contribution in [2.45, 2.75) is 13.3 Å². The summed E-state index contributed by atoms with van der Waals surface area (Å²) in [4.78, 5) is 17.3. The highest BCUT2D eigenvalue weighted by Gasteiger charge is 2.19. The molecular weight excluding hydrogens is 260 g/mol. The molecule has 0 N–H and O–H groups in total. The van der Waals surface area contributed by atoms with Gasteiger partial charge in [-0.3, -0.25) is 9.36 Å². The standard InChI is InChI=1S/C18H16N2O/c1-3-8-16-13(2)15-11-7-12-19-17(15)20(16)18(21)14-9-5-4-6-10-14/h3-7,9-12H,1,8H2,2H3. The normalized spacial score (nSPS) is 10.7. The molecule has 1 aromatic carbocycles. The van der Waals surface area contributed by atoms with Crippen molar-refractivity contribution in [3.63, 3.8) is 0 Å². The van der Waals surface area contributed by atoms with Crippen LogP contribution in [0, 0.1) is 6.92 Å². The Morgan fingerprint density at radius 1 is 1.24 bits per heavy atom. The summed E-state index contributed by atoms with van der Waals surface area (Å²) in [5.41, 5.74) is 3.40. The zero-order valence-electron chi connectivity index (χ0n) is 11.9. The third kappa shape index (κ3) is 2.17. The molecule has 0 unspecified atom stereocenters. The Kier molecular flexibility index (Phi) is 3.40. The van der Waals surface area contributed by atoms with Gasteiger partial charge in [-0.15, -0.1) is 6.58 Å². The Balaban J connectivity index is 2.28. The summed E-state index contributed by atoms with van der Waals surface area (Å²) in [6, 6.07) is 13.2. The first kappa shape index (κ1) is 13.3. The molecule has 0 saturated heterocycles. The first-order chi connectivity index (χ1) is 10.2. The minimum Gasteiger partial charge on any atom is -0.268 e. The number of nitrogens with zero attached hydrogens (tertiary/aromatic N) is 2. The number of hydrogen-bond donors (Lipinski definition) is 0. The van der Waals surface area contributed by atoms with Crippen LogP contribution in [0.1, 0.15) is 21.6 Å². The van der Waals surface area contributed by atoms with Gasteiger partial charge in [0.1, 0.15) is 5.65 Å². The fourth-order valence-corrected chi connectivity index (χ4v) is 2.63. The number of rotatable bonds is 3. The first-order valence-electron chi connectivity index (χ1n) is 6.89. The predicted octanol–water partition coefficient (Wildman–Crippen LogP) is 3.76. The van der Waals surface area contributed by atoms with Crippen molar-refractivity contribution >= 4 is 16.9 Å². The Hall–Kier alpha value is -2.68. The molecule has 3 heteroatoms. The van der Waals surface area contributed by atoms with Crippen molar-refractivity contribution in [2.24, 2.45) is 0 Å². The van der Waals surface area contributed by atoms with Crippen LogP contribution in [0.25, 0.3) is 11.0 Å². The lowest BCUT2D eigenvalue weighted by atomic mass is 10.1. The summed E-state index contributed by atoms with van der Waals surface area (Å²) >= 11 is 0. The van der Waals surface area contributed by atoms with Crippen LogP contribution < -0.4 is 0 Å².